The maximum Gasteiger partial charge on any atom is 0.0393 e. The van der Waals surface area contributed by atoms with Gasteiger partial charge in [-0.3, -0.25) is 0 Å². The molecule has 0 saturated heterocycles. The van der Waals surface area contributed by atoms with Gasteiger partial charge in [-0.15, -0.1) is 11.3 Å². The molecule has 0 unspecified atom stereocenters. The van der Waals surface area contributed by atoms with E-state index in [1.807, 2.05) is 23.5 Å². The molecule has 4 aromatic carbocycles. The van der Waals surface area contributed by atoms with Crippen LogP contribution in [0.5, 0.6) is 0 Å². The lowest BCUT2D eigenvalue weighted by Crippen LogP contribution is -1.90. The van der Waals surface area contributed by atoms with Crippen LogP contribution in [0.25, 0.3) is 42.1 Å². The van der Waals surface area contributed by atoms with Gasteiger partial charge in [0.1, 0.15) is 0 Å². The smallest absolute Gasteiger partial charge is 0.0393 e. The Balaban J connectivity index is 0.00000157. The van der Waals surface area contributed by atoms with E-state index >= 15 is 0 Å². The van der Waals surface area contributed by atoms with Gasteiger partial charge in [-0.25, -0.2) is 0 Å². The molecule has 122 valence electrons. The van der Waals surface area contributed by atoms with Gasteiger partial charge in [0.15, 0.2) is 0 Å². The van der Waals surface area contributed by atoms with Crippen molar-refractivity contribution >= 4 is 48.0 Å². The molecule has 0 aliphatic heterocycles. The summed E-state index contributed by atoms with van der Waals surface area (Å²) in [4.78, 5) is 0. The van der Waals surface area contributed by atoms with E-state index in [1.54, 1.807) is 0 Å². The van der Waals surface area contributed by atoms with Crippen molar-refractivity contribution in [2.24, 2.45) is 0 Å². The van der Waals surface area contributed by atoms with Crippen LogP contribution in [-0.4, -0.2) is 0 Å². The highest BCUT2D eigenvalue weighted by atomic mass is 32.1. The molecule has 1 heterocycles. The molecular formula is C23H19NS. The van der Waals surface area contributed by atoms with Crippen molar-refractivity contribution < 1.29 is 0 Å². The lowest BCUT2D eigenvalue weighted by molar-refractivity contribution is 1.66. The number of hydrogen-bond donors (Lipinski definition) is 1. The van der Waals surface area contributed by atoms with Crippen LogP contribution in [0.2, 0.25) is 0 Å². The Kier molecular flexibility index (Phi) is 3.70. The van der Waals surface area contributed by atoms with Crippen LogP contribution in [0.1, 0.15) is 7.43 Å². The van der Waals surface area contributed by atoms with Crippen molar-refractivity contribution in [2.75, 3.05) is 5.73 Å². The van der Waals surface area contributed by atoms with Crippen molar-refractivity contribution in [1.29, 1.82) is 0 Å². The summed E-state index contributed by atoms with van der Waals surface area (Å²) in [5.74, 6) is 0. The summed E-state index contributed by atoms with van der Waals surface area (Å²) < 4.78 is 2.64. The van der Waals surface area contributed by atoms with Crippen molar-refractivity contribution in [3.63, 3.8) is 0 Å². The Hall–Kier alpha value is -2.84. The highest BCUT2D eigenvalue weighted by molar-refractivity contribution is 7.26. The van der Waals surface area contributed by atoms with E-state index in [-0.39, 0.29) is 7.43 Å². The van der Waals surface area contributed by atoms with Gasteiger partial charge in [0, 0.05) is 31.4 Å². The molecule has 25 heavy (non-hydrogen) atoms. The average molecular weight is 341 g/mol. The maximum absolute atomic E-state index is 6.27. The minimum absolute atomic E-state index is 0. The van der Waals surface area contributed by atoms with Gasteiger partial charge in [0.25, 0.3) is 0 Å². The summed E-state index contributed by atoms with van der Waals surface area (Å²) in [5.41, 5.74) is 9.40. The van der Waals surface area contributed by atoms with Crippen LogP contribution in [0, 0.1) is 0 Å². The van der Waals surface area contributed by atoms with Crippen LogP contribution < -0.4 is 5.73 Å². The molecule has 0 bridgehead atoms. The Morgan fingerprint density at radius 1 is 0.600 bits per heavy atom. The fourth-order valence-electron chi connectivity index (χ4n) is 3.55. The first-order valence-corrected chi connectivity index (χ1v) is 8.82. The second-order valence-electron chi connectivity index (χ2n) is 6.03. The molecule has 5 aromatic rings. The van der Waals surface area contributed by atoms with E-state index in [0.29, 0.717) is 0 Å². The van der Waals surface area contributed by atoms with Crippen molar-refractivity contribution in [3.05, 3.63) is 78.9 Å². The van der Waals surface area contributed by atoms with Crippen LogP contribution in [-0.2, 0) is 0 Å². The van der Waals surface area contributed by atoms with Crippen LogP contribution in [0.4, 0.5) is 5.69 Å². The normalized spacial score (nSPS) is 11.0. The number of para-hydroxylation sites is 1. The highest BCUT2D eigenvalue weighted by Crippen LogP contribution is 2.43. The lowest BCUT2D eigenvalue weighted by Gasteiger charge is -2.11. The van der Waals surface area contributed by atoms with Crippen molar-refractivity contribution in [3.8, 4) is 11.1 Å². The summed E-state index contributed by atoms with van der Waals surface area (Å²) >= 11 is 1.85. The van der Waals surface area contributed by atoms with E-state index in [9.17, 15) is 0 Å². The minimum atomic E-state index is 0. The Morgan fingerprint density at radius 2 is 1.24 bits per heavy atom. The second-order valence-corrected chi connectivity index (χ2v) is 7.11. The summed E-state index contributed by atoms with van der Waals surface area (Å²) in [6.45, 7) is 0. The van der Waals surface area contributed by atoms with E-state index < -0.39 is 0 Å². The number of anilines is 1. The summed E-state index contributed by atoms with van der Waals surface area (Å²) in [6.07, 6.45) is 0. The predicted molar refractivity (Wildman–Crippen MR) is 113 cm³/mol. The monoisotopic (exact) mass is 341 g/mol. The summed E-state index contributed by atoms with van der Waals surface area (Å²) in [5, 5.41) is 5.24. The first kappa shape index (κ1) is 15.7. The van der Waals surface area contributed by atoms with Crippen LogP contribution >= 0.6 is 11.3 Å². The Morgan fingerprint density at radius 3 is 2.04 bits per heavy atom. The number of thiophene rings is 1. The third kappa shape index (κ3) is 2.30. The molecule has 1 nitrogen and oxygen atoms in total. The number of benzene rings is 4. The Bertz CT molecular complexity index is 1220. The van der Waals surface area contributed by atoms with Crippen molar-refractivity contribution in [2.45, 2.75) is 7.43 Å². The minimum Gasteiger partial charge on any atom is -0.398 e. The second kappa shape index (κ2) is 5.91. The number of nitrogens with two attached hydrogens (primary N) is 1. The average Bonchev–Trinajstić information content (AvgIpc) is 3.00. The molecule has 2 N–H and O–H groups in total. The van der Waals surface area contributed by atoms with E-state index in [0.717, 1.165) is 11.3 Å². The highest BCUT2D eigenvalue weighted by Gasteiger charge is 2.13. The summed E-state index contributed by atoms with van der Waals surface area (Å²) in [7, 11) is 0. The van der Waals surface area contributed by atoms with Gasteiger partial charge < -0.3 is 5.73 Å². The fraction of sp³-hybridized carbons (Fsp3) is 0.0435. The summed E-state index contributed by atoms with van der Waals surface area (Å²) in [6, 6.07) is 27.7. The molecule has 0 atom stereocenters. The zero-order valence-corrected chi connectivity index (χ0v) is 13.8. The van der Waals surface area contributed by atoms with Crippen LogP contribution in [0.15, 0.2) is 78.9 Å². The van der Waals surface area contributed by atoms with Gasteiger partial charge in [-0.05, 0) is 34.5 Å². The zero-order valence-electron chi connectivity index (χ0n) is 13.0. The molecule has 0 aliphatic carbocycles. The van der Waals surface area contributed by atoms with Crippen molar-refractivity contribution in [1.82, 2.24) is 0 Å². The van der Waals surface area contributed by atoms with Gasteiger partial charge in [0.2, 0.25) is 0 Å². The SMILES string of the molecule is C.Nc1ccccc1-c1cc2sc3ccccc3c2c2ccccc12. The molecule has 5 rings (SSSR count). The molecule has 0 amide bonds. The maximum atomic E-state index is 6.27. The van der Waals surface area contributed by atoms with E-state index in [2.05, 4.69) is 66.7 Å². The fourth-order valence-corrected chi connectivity index (χ4v) is 4.72. The van der Waals surface area contributed by atoms with E-state index in [1.165, 1.54) is 36.5 Å². The predicted octanol–water partition coefficient (Wildman–Crippen LogP) is 7.09. The third-order valence-corrected chi connectivity index (χ3v) is 5.75. The standard InChI is InChI=1S/C22H15NS.CH4/c23-19-11-5-3-8-15(19)18-13-21-22(16-9-2-1-7-14(16)18)17-10-4-6-12-20(17)24-21;/h1-13H,23H2;1H4. The molecule has 0 radical (unpaired) electrons. The van der Waals surface area contributed by atoms with E-state index in [4.69, 9.17) is 5.73 Å². The number of nitrogen functional groups attached to an aromatic ring is 1. The lowest BCUT2D eigenvalue weighted by atomic mass is 9.94. The third-order valence-electron chi connectivity index (χ3n) is 4.64. The molecule has 0 saturated carbocycles. The number of fused-ring (bicyclic) bond motifs is 5. The van der Waals surface area contributed by atoms with Gasteiger partial charge >= 0.3 is 0 Å². The molecule has 0 spiro atoms. The molecule has 0 fully saturated rings. The topological polar surface area (TPSA) is 26.0 Å². The zero-order chi connectivity index (χ0) is 16.1. The molecular weight excluding hydrogens is 322 g/mol. The number of hydrogen-bond acceptors (Lipinski definition) is 2. The van der Waals surface area contributed by atoms with Gasteiger partial charge in [-0.2, -0.15) is 0 Å². The quantitative estimate of drug-likeness (QED) is 0.323. The van der Waals surface area contributed by atoms with Crippen LogP contribution in [0.3, 0.4) is 0 Å². The molecule has 1 aromatic heterocycles. The largest absolute Gasteiger partial charge is 0.398 e. The van der Waals surface area contributed by atoms with Gasteiger partial charge in [-0.1, -0.05) is 68.1 Å². The first-order valence-electron chi connectivity index (χ1n) is 8.01. The Labute approximate surface area is 151 Å². The molecule has 2 heteroatoms. The molecule has 0 aliphatic rings. The first-order chi connectivity index (χ1) is 11.8. The van der Waals surface area contributed by atoms with Gasteiger partial charge in [0.05, 0.1) is 0 Å². The number of rotatable bonds is 1.